The molecular formula is C21H20N2O3. The predicted octanol–water partition coefficient (Wildman–Crippen LogP) is 3.81. The number of rotatable bonds is 3. The van der Waals surface area contributed by atoms with Crippen molar-refractivity contribution in [1.29, 1.82) is 0 Å². The number of hydrogen-bond acceptors (Lipinski definition) is 4. The van der Waals surface area contributed by atoms with Gasteiger partial charge in [0.25, 0.3) is 5.91 Å². The fraction of sp³-hybridized carbons (Fsp3) is 0.238. The standard InChI is InChI=1S/C21H20N2O3/c1-13-11-17(16-5-3-4-6-18(16)22-13)21(24)23-14(2)15-7-8-19-20(12-15)26-10-9-25-19/h3-8,11-12,14H,9-10H2,1-2H3,(H,23,24). The van der Waals surface area contributed by atoms with Crippen molar-refractivity contribution in [2.75, 3.05) is 13.2 Å². The van der Waals surface area contributed by atoms with Crippen LogP contribution in [0.25, 0.3) is 10.9 Å². The minimum absolute atomic E-state index is 0.117. The highest BCUT2D eigenvalue weighted by molar-refractivity contribution is 6.06. The monoisotopic (exact) mass is 348 g/mol. The van der Waals surface area contributed by atoms with Crippen molar-refractivity contribution in [1.82, 2.24) is 10.3 Å². The Morgan fingerprint density at radius 1 is 1.08 bits per heavy atom. The lowest BCUT2D eigenvalue weighted by molar-refractivity contribution is 0.0941. The molecule has 132 valence electrons. The normalized spacial score (nSPS) is 14.1. The van der Waals surface area contributed by atoms with E-state index in [0.29, 0.717) is 18.8 Å². The number of carbonyl (C=O) groups excluding carboxylic acids is 1. The Morgan fingerprint density at radius 3 is 2.69 bits per heavy atom. The quantitative estimate of drug-likeness (QED) is 0.782. The van der Waals surface area contributed by atoms with Crippen LogP contribution < -0.4 is 14.8 Å². The number of pyridine rings is 1. The van der Waals surface area contributed by atoms with E-state index >= 15 is 0 Å². The van der Waals surface area contributed by atoms with Crippen molar-refractivity contribution in [2.45, 2.75) is 19.9 Å². The van der Waals surface area contributed by atoms with Gasteiger partial charge in [-0.2, -0.15) is 0 Å². The van der Waals surface area contributed by atoms with Crippen LogP contribution >= 0.6 is 0 Å². The van der Waals surface area contributed by atoms with Crippen LogP contribution in [-0.2, 0) is 0 Å². The molecule has 2 aromatic carbocycles. The molecule has 26 heavy (non-hydrogen) atoms. The van der Waals surface area contributed by atoms with E-state index in [0.717, 1.165) is 33.7 Å². The summed E-state index contributed by atoms with van der Waals surface area (Å²) >= 11 is 0. The van der Waals surface area contributed by atoms with Crippen molar-refractivity contribution in [3.05, 3.63) is 65.4 Å². The second-order valence-corrected chi connectivity index (χ2v) is 6.43. The molecule has 0 bridgehead atoms. The first-order valence-corrected chi connectivity index (χ1v) is 8.68. The zero-order chi connectivity index (χ0) is 18.1. The van der Waals surface area contributed by atoms with Gasteiger partial charge in [0.05, 0.1) is 17.1 Å². The van der Waals surface area contributed by atoms with E-state index in [9.17, 15) is 4.79 Å². The van der Waals surface area contributed by atoms with Gasteiger partial charge in [0.15, 0.2) is 11.5 Å². The van der Waals surface area contributed by atoms with Crippen molar-refractivity contribution >= 4 is 16.8 Å². The van der Waals surface area contributed by atoms with Gasteiger partial charge in [0.2, 0.25) is 0 Å². The third-order valence-electron chi connectivity index (χ3n) is 4.50. The van der Waals surface area contributed by atoms with Crippen molar-refractivity contribution in [3.8, 4) is 11.5 Å². The predicted molar refractivity (Wildman–Crippen MR) is 99.8 cm³/mol. The van der Waals surface area contributed by atoms with Crippen LogP contribution in [0.5, 0.6) is 11.5 Å². The van der Waals surface area contributed by atoms with Crippen LogP contribution in [0.15, 0.2) is 48.5 Å². The number of aryl methyl sites for hydroxylation is 1. The van der Waals surface area contributed by atoms with Crippen LogP contribution in [0, 0.1) is 6.92 Å². The molecule has 5 nitrogen and oxygen atoms in total. The summed E-state index contributed by atoms with van der Waals surface area (Å²) in [4.78, 5) is 17.4. The van der Waals surface area contributed by atoms with Gasteiger partial charge >= 0.3 is 0 Å². The number of carbonyl (C=O) groups is 1. The molecule has 5 heteroatoms. The van der Waals surface area contributed by atoms with Crippen LogP contribution in [-0.4, -0.2) is 24.1 Å². The maximum atomic E-state index is 12.9. The SMILES string of the molecule is Cc1cc(C(=O)NC(C)c2ccc3c(c2)OCCO3)c2ccccc2n1. The lowest BCUT2D eigenvalue weighted by atomic mass is 10.0. The maximum Gasteiger partial charge on any atom is 0.252 e. The number of nitrogens with one attached hydrogen (secondary N) is 1. The Balaban J connectivity index is 1.60. The number of amides is 1. The second kappa shape index (κ2) is 6.67. The van der Waals surface area contributed by atoms with Crippen LogP contribution in [0.3, 0.4) is 0 Å². The average Bonchev–Trinajstić information content (AvgIpc) is 2.66. The molecule has 0 spiro atoms. The largest absolute Gasteiger partial charge is 0.486 e. The summed E-state index contributed by atoms with van der Waals surface area (Å²) in [5.41, 5.74) is 3.25. The smallest absolute Gasteiger partial charge is 0.252 e. The number of benzene rings is 2. The van der Waals surface area contributed by atoms with Crippen molar-refractivity contribution < 1.29 is 14.3 Å². The molecule has 1 amide bonds. The van der Waals surface area contributed by atoms with E-state index in [4.69, 9.17) is 9.47 Å². The molecule has 3 aromatic rings. The lowest BCUT2D eigenvalue weighted by Crippen LogP contribution is -2.27. The Labute approximate surface area is 152 Å². The molecule has 2 heterocycles. The lowest BCUT2D eigenvalue weighted by Gasteiger charge is -2.21. The second-order valence-electron chi connectivity index (χ2n) is 6.43. The number of aromatic nitrogens is 1. The highest BCUT2D eigenvalue weighted by Gasteiger charge is 2.18. The van der Waals surface area contributed by atoms with E-state index in [1.165, 1.54) is 0 Å². The summed E-state index contributed by atoms with van der Waals surface area (Å²) in [6.07, 6.45) is 0. The average molecular weight is 348 g/mol. The van der Waals surface area contributed by atoms with Gasteiger partial charge in [-0.3, -0.25) is 9.78 Å². The molecule has 1 unspecified atom stereocenters. The molecule has 0 saturated heterocycles. The molecule has 0 radical (unpaired) electrons. The van der Waals surface area contributed by atoms with Gasteiger partial charge in [-0.05, 0) is 43.7 Å². The minimum atomic E-state index is -0.162. The molecule has 1 N–H and O–H groups in total. The molecule has 0 saturated carbocycles. The highest BCUT2D eigenvalue weighted by Crippen LogP contribution is 2.32. The molecule has 0 aliphatic carbocycles. The van der Waals surface area contributed by atoms with Gasteiger partial charge in [-0.25, -0.2) is 0 Å². The minimum Gasteiger partial charge on any atom is -0.486 e. The summed E-state index contributed by atoms with van der Waals surface area (Å²) in [5, 5.41) is 3.93. The summed E-state index contributed by atoms with van der Waals surface area (Å²) in [6, 6.07) is 15.1. The van der Waals surface area contributed by atoms with E-state index in [2.05, 4.69) is 10.3 Å². The van der Waals surface area contributed by atoms with Gasteiger partial charge in [-0.15, -0.1) is 0 Å². The fourth-order valence-corrected chi connectivity index (χ4v) is 3.18. The van der Waals surface area contributed by atoms with E-state index in [1.54, 1.807) is 0 Å². The summed E-state index contributed by atoms with van der Waals surface area (Å²) < 4.78 is 11.2. The van der Waals surface area contributed by atoms with Gasteiger partial charge < -0.3 is 14.8 Å². The highest BCUT2D eigenvalue weighted by atomic mass is 16.6. The number of fused-ring (bicyclic) bond motifs is 2. The topological polar surface area (TPSA) is 60.5 Å². The molecule has 4 rings (SSSR count). The fourth-order valence-electron chi connectivity index (χ4n) is 3.18. The number of nitrogens with zero attached hydrogens (tertiary/aromatic N) is 1. The molecule has 1 atom stereocenters. The van der Waals surface area contributed by atoms with E-state index in [1.807, 2.05) is 62.4 Å². The zero-order valence-electron chi connectivity index (χ0n) is 14.8. The van der Waals surface area contributed by atoms with Crippen LogP contribution in [0.1, 0.15) is 34.6 Å². The summed E-state index contributed by atoms with van der Waals surface area (Å²) in [7, 11) is 0. The Morgan fingerprint density at radius 2 is 1.85 bits per heavy atom. The van der Waals surface area contributed by atoms with E-state index in [-0.39, 0.29) is 11.9 Å². The Bertz CT molecular complexity index is 984. The Kier molecular flexibility index (Phi) is 4.21. The Hall–Kier alpha value is -3.08. The summed E-state index contributed by atoms with van der Waals surface area (Å²) in [5.74, 6) is 1.35. The van der Waals surface area contributed by atoms with Crippen LogP contribution in [0.4, 0.5) is 0 Å². The summed E-state index contributed by atoms with van der Waals surface area (Å²) in [6.45, 7) is 4.96. The van der Waals surface area contributed by atoms with E-state index < -0.39 is 0 Å². The zero-order valence-corrected chi connectivity index (χ0v) is 14.8. The molecule has 1 aromatic heterocycles. The first-order valence-electron chi connectivity index (χ1n) is 8.68. The van der Waals surface area contributed by atoms with Crippen molar-refractivity contribution in [2.24, 2.45) is 0 Å². The first-order chi connectivity index (χ1) is 12.6. The number of ether oxygens (including phenoxy) is 2. The molecular weight excluding hydrogens is 328 g/mol. The molecule has 0 fully saturated rings. The maximum absolute atomic E-state index is 12.9. The molecule has 1 aliphatic heterocycles. The van der Waals surface area contributed by atoms with Crippen molar-refractivity contribution in [3.63, 3.8) is 0 Å². The third kappa shape index (κ3) is 3.08. The van der Waals surface area contributed by atoms with Gasteiger partial charge in [0, 0.05) is 11.1 Å². The third-order valence-corrected chi connectivity index (χ3v) is 4.50. The van der Waals surface area contributed by atoms with Crippen LogP contribution in [0.2, 0.25) is 0 Å². The van der Waals surface area contributed by atoms with Gasteiger partial charge in [-0.1, -0.05) is 24.3 Å². The number of para-hydroxylation sites is 1. The molecule has 1 aliphatic rings. The first kappa shape index (κ1) is 16.4. The number of hydrogen-bond donors (Lipinski definition) is 1. The van der Waals surface area contributed by atoms with Gasteiger partial charge in [0.1, 0.15) is 13.2 Å².